The molecule has 1 aromatic carbocycles. The number of aromatic nitrogens is 1. The number of halogens is 1. The molecule has 2 aromatic rings. The van der Waals surface area contributed by atoms with Gasteiger partial charge in [-0.15, -0.1) is 18.3 Å². The Bertz CT molecular complexity index is 852. The van der Waals surface area contributed by atoms with Gasteiger partial charge in [0.2, 0.25) is 0 Å². The highest BCUT2D eigenvalue weighted by atomic mass is 35.5. The van der Waals surface area contributed by atoms with Crippen LogP contribution in [0.2, 0.25) is 0 Å². The van der Waals surface area contributed by atoms with Crippen LogP contribution in [-0.4, -0.2) is 16.6 Å². The molecule has 0 N–H and O–H groups in total. The molecule has 1 heterocycles. The third kappa shape index (κ3) is 3.86. The predicted molar refractivity (Wildman–Crippen MR) is 105 cm³/mol. The molecule has 134 valence electrons. The minimum Gasteiger partial charge on any atom is -0.298 e. The van der Waals surface area contributed by atoms with Crippen molar-refractivity contribution in [3.63, 3.8) is 0 Å². The fourth-order valence-corrected chi connectivity index (χ4v) is 3.77. The quantitative estimate of drug-likeness (QED) is 0.587. The number of aryl methyl sites for hydroxylation is 2. The monoisotopic (exact) mass is 367 g/mol. The summed E-state index contributed by atoms with van der Waals surface area (Å²) in [7, 11) is 0. The lowest BCUT2D eigenvalue weighted by Gasteiger charge is -2.28. The van der Waals surface area contributed by atoms with Crippen molar-refractivity contribution in [1.82, 2.24) is 4.98 Å². The van der Waals surface area contributed by atoms with Crippen molar-refractivity contribution < 1.29 is 9.59 Å². The number of rotatable bonds is 2. The van der Waals surface area contributed by atoms with Crippen molar-refractivity contribution >= 4 is 24.0 Å². The Hall–Kier alpha value is -2.44. The van der Waals surface area contributed by atoms with Gasteiger partial charge in [0, 0.05) is 36.2 Å². The van der Waals surface area contributed by atoms with Gasteiger partial charge in [0.05, 0.1) is 0 Å². The Morgan fingerprint density at radius 3 is 2.15 bits per heavy atom. The maximum absolute atomic E-state index is 12.8. The van der Waals surface area contributed by atoms with Gasteiger partial charge in [-0.1, -0.05) is 12.0 Å². The first-order valence-corrected chi connectivity index (χ1v) is 8.51. The fourth-order valence-electron chi connectivity index (χ4n) is 3.77. The second-order valence-corrected chi connectivity index (χ2v) is 6.62. The zero-order valence-electron chi connectivity index (χ0n) is 15.2. The molecule has 0 spiro atoms. The molecular weight excluding hydrogens is 346 g/mol. The van der Waals surface area contributed by atoms with E-state index in [4.69, 9.17) is 0 Å². The Balaban J connectivity index is 0.00000243. The van der Waals surface area contributed by atoms with Crippen molar-refractivity contribution in [3.05, 3.63) is 64.5 Å². The van der Waals surface area contributed by atoms with E-state index in [1.54, 1.807) is 13.1 Å². The summed E-state index contributed by atoms with van der Waals surface area (Å²) in [5, 5.41) is 0. The molecule has 1 aromatic heterocycles. The van der Waals surface area contributed by atoms with Crippen LogP contribution in [0.5, 0.6) is 0 Å². The number of Topliss-reactive ketones (excluding diaryl/α,β-unsaturated/α-hetero) is 2. The summed E-state index contributed by atoms with van der Waals surface area (Å²) >= 11 is 0. The lowest BCUT2D eigenvalue weighted by atomic mass is 9.73. The van der Waals surface area contributed by atoms with Gasteiger partial charge in [-0.25, -0.2) is 0 Å². The Morgan fingerprint density at radius 1 is 1.04 bits per heavy atom. The lowest BCUT2D eigenvalue weighted by Crippen LogP contribution is -2.32. The van der Waals surface area contributed by atoms with Crippen LogP contribution in [0.1, 0.15) is 59.5 Å². The summed E-state index contributed by atoms with van der Waals surface area (Å²) in [5.41, 5.74) is 4.52. The van der Waals surface area contributed by atoms with Gasteiger partial charge in [0.15, 0.2) is 0 Å². The Morgan fingerprint density at radius 2 is 1.65 bits per heavy atom. The normalized spacial score (nSPS) is 19.3. The van der Waals surface area contributed by atoms with Gasteiger partial charge in [-0.3, -0.25) is 14.6 Å². The van der Waals surface area contributed by atoms with Crippen molar-refractivity contribution in [2.45, 2.75) is 45.4 Å². The van der Waals surface area contributed by atoms with E-state index in [0.29, 0.717) is 12.8 Å². The zero-order chi connectivity index (χ0) is 18.0. The lowest BCUT2D eigenvalue weighted by molar-refractivity contribution is -0.132. The van der Waals surface area contributed by atoms with E-state index >= 15 is 0 Å². The van der Waals surface area contributed by atoms with Crippen LogP contribution < -0.4 is 0 Å². The van der Waals surface area contributed by atoms with E-state index in [1.807, 2.05) is 44.2 Å². The van der Waals surface area contributed by atoms with Crippen LogP contribution >= 0.6 is 12.4 Å². The summed E-state index contributed by atoms with van der Waals surface area (Å²) in [6, 6.07) is 9.55. The van der Waals surface area contributed by atoms with E-state index in [1.165, 1.54) is 0 Å². The van der Waals surface area contributed by atoms with Crippen molar-refractivity contribution in [2.24, 2.45) is 0 Å². The smallest absolute Gasteiger partial charge is 0.148 e. The van der Waals surface area contributed by atoms with Crippen LogP contribution in [0.25, 0.3) is 0 Å². The van der Waals surface area contributed by atoms with Gasteiger partial charge in [0.1, 0.15) is 17.5 Å². The van der Waals surface area contributed by atoms with Crippen molar-refractivity contribution in [2.75, 3.05) is 0 Å². The molecule has 3 rings (SSSR count). The van der Waals surface area contributed by atoms with Crippen LogP contribution in [0, 0.1) is 25.7 Å². The van der Waals surface area contributed by atoms with Gasteiger partial charge in [-0.05, 0) is 61.7 Å². The molecule has 0 unspecified atom stereocenters. The van der Waals surface area contributed by atoms with E-state index in [-0.39, 0.29) is 29.9 Å². The third-order valence-corrected chi connectivity index (χ3v) is 4.80. The average Bonchev–Trinajstić information content (AvgIpc) is 2.57. The molecule has 4 heteroatoms. The topological polar surface area (TPSA) is 47.0 Å². The molecule has 26 heavy (non-hydrogen) atoms. The molecule has 1 fully saturated rings. The minimum atomic E-state index is -0.649. The number of benzene rings is 1. The molecule has 0 atom stereocenters. The number of hydrogen-bond donors (Lipinski definition) is 0. The second-order valence-electron chi connectivity index (χ2n) is 6.62. The molecule has 1 saturated carbocycles. The highest BCUT2D eigenvalue weighted by Gasteiger charge is 2.38. The van der Waals surface area contributed by atoms with E-state index in [2.05, 4.69) is 16.8 Å². The SMILES string of the molecule is CC#Cc1cc(C)c(C2C(=O)CC(c3ccccn3)CC2=O)c(C)c1.Cl. The number of carbonyl (C=O) groups is 2. The highest BCUT2D eigenvalue weighted by molar-refractivity contribution is 6.10. The summed E-state index contributed by atoms with van der Waals surface area (Å²) in [6.07, 6.45) is 2.43. The zero-order valence-corrected chi connectivity index (χ0v) is 16.0. The van der Waals surface area contributed by atoms with Crippen LogP contribution in [0.3, 0.4) is 0 Å². The number of pyridine rings is 1. The van der Waals surface area contributed by atoms with Crippen LogP contribution in [-0.2, 0) is 9.59 Å². The third-order valence-electron chi connectivity index (χ3n) is 4.80. The van der Waals surface area contributed by atoms with Crippen LogP contribution in [0.4, 0.5) is 0 Å². The molecule has 1 aliphatic carbocycles. The first-order chi connectivity index (χ1) is 12.0. The molecule has 0 radical (unpaired) electrons. The van der Waals surface area contributed by atoms with Gasteiger partial charge >= 0.3 is 0 Å². The predicted octanol–water partition coefficient (Wildman–Crippen LogP) is 4.29. The standard InChI is InChI=1S/C22H21NO2.ClH/c1-4-7-16-10-14(2)21(15(3)11-16)22-19(24)12-17(13-20(22)25)18-8-5-6-9-23-18;/h5-6,8-11,17,22H,12-13H2,1-3H3;1H. The number of hydrogen-bond acceptors (Lipinski definition) is 3. The molecule has 0 amide bonds. The first kappa shape index (κ1) is 19.9. The van der Waals surface area contributed by atoms with E-state index in [0.717, 1.165) is 27.9 Å². The number of nitrogens with zero attached hydrogens (tertiary/aromatic N) is 1. The van der Waals surface area contributed by atoms with Crippen LogP contribution in [0.15, 0.2) is 36.5 Å². The summed E-state index contributed by atoms with van der Waals surface area (Å²) in [5.74, 6) is 5.16. The second kappa shape index (κ2) is 8.29. The summed E-state index contributed by atoms with van der Waals surface area (Å²) in [4.78, 5) is 30.0. The number of carbonyl (C=O) groups excluding carboxylic acids is 2. The molecule has 1 aliphatic rings. The van der Waals surface area contributed by atoms with Gasteiger partial charge in [0.25, 0.3) is 0 Å². The Labute approximate surface area is 160 Å². The molecule has 3 nitrogen and oxygen atoms in total. The van der Waals surface area contributed by atoms with Crippen molar-refractivity contribution in [1.29, 1.82) is 0 Å². The maximum Gasteiger partial charge on any atom is 0.148 e. The Kier molecular flexibility index (Phi) is 6.34. The van der Waals surface area contributed by atoms with Gasteiger partial charge < -0.3 is 0 Å². The fraction of sp³-hybridized carbons (Fsp3) is 0.318. The molecular formula is C22H22ClNO2. The van der Waals surface area contributed by atoms with E-state index < -0.39 is 5.92 Å². The number of ketones is 2. The van der Waals surface area contributed by atoms with Gasteiger partial charge in [-0.2, -0.15) is 0 Å². The highest BCUT2D eigenvalue weighted by Crippen LogP contribution is 2.37. The minimum absolute atomic E-state index is 0. The maximum atomic E-state index is 12.8. The average molecular weight is 368 g/mol. The molecule has 0 bridgehead atoms. The first-order valence-electron chi connectivity index (χ1n) is 8.51. The van der Waals surface area contributed by atoms with E-state index in [9.17, 15) is 9.59 Å². The van der Waals surface area contributed by atoms with Crippen molar-refractivity contribution in [3.8, 4) is 11.8 Å². The summed E-state index contributed by atoms with van der Waals surface area (Å²) in [6.45, 7) is 5.70. The summed E-state index contributed by atoms with van der Waals surface area (Å²) < 4.78 is 0. The largest absolute Gasteiger partial charge is 0.298 e. The molecule has 0 aliphatic heterocycles. The molecule has 0 saturated heterocycles.